The normalized spacial score (nSPS) is 14.7. The Kier molecular flexibility index (Phi) is 2.92. The zero-order valence-electron chi connectivity index (χ0n) is 12.1. The van der Waals surface area contributed by atoms with Gasteiger partial charge in [-0.3, -0.25) is 9.89 Å². The van der Waals surface area contributed by atoms with E-state index >= 15 is 0 Å². The van der Waals surface area contributed by atoms with E-state index in [-0.39, 0.29) is 11.3 Å². The number of hydrogen-bond acceptors (Lipinski definition) is 3. The zero-order valence-corrected chi connectivity index (χ0v) is 12.1. The molecule has 0 aromatic carbocycles. The van der Waals surface area contributed by atoms with Crippen LogP contribution in [0, 0.1) is 5.41 Å². The topological polar surface area (TPSA) is 62.1 Å². The number of furan rings is 1. The summed E-state index contributed by atoms with van der Waals surface area (Å²) in [5, 5.41) is 7.31. The van der Waals surface area contributed by atoms with Crippen LogP contribution in [0.5, 0.6) is 0 Å². The molecule has 5 heteroatoms. The number of nitrogens with zero attached hydrogens (tertiary/aromatic N) is 2. The van der Waals surface area contributed by atoms with Crippen LogP contribution >= 0.6 is 0 Å². The van der Waals surface area contributed by atoms with Crippen molar-refractivity contribution in [3.63, 3.8) is 0 Å². The van der Waals surface area contributed by atoms with Crippen LogP contribution in [0.4, 0.5) is 0 Å². The molecular formula is C15H19N3O2. The number of H-pyrrole nitrogens is 1. The number of nitrogens with one attached hydrogen (secondary N) is 1. The minimum absolute atomic E-state index is 0.00940. The van der Waals surface area contributed by atoms with Crippen molar-refractivity contribution in [3.8, 4) is 11.5 Å². The van der Waals surface area contributed by atoms with E-state index < -0.39 is 0 Å². The molecule has 20 heavy (non-hydrogen) atoms. The molecule has 0 radical (unpaired) electrons. The number of carbonyl (C=O) groups excluding carboxylic acids is 1. The summed E-state index contributed by atoms with van der Waals surface area (Å²) in [6.45, 7) is 7.46. The van der Waals surface area contributed by atoms with Gasteiger partial charge in [-0.1, -0.05) is 20.8 Å². The number of aromatic nitrogens is 2. The second kappa shape index (κ2) is 4.51. The predicted molar refractivity (Wildman–Crippen MR) is 74.6 cm³/mol. The maximum absolute atomic E-state index is 12.3. The van der Waals surface area contributed by atoms with Crippen molar-refractivity contribution in [2.45, 2.75) is 40.3 Å². The summed E-state index contributed by atoms with van der Waals surface area (Å²) in [5.74, 6) is 0.931. The van der Waals surface area contributed by atoms with E-state index in [1.54, 1.807) is 6.26 Å². The second-order valence-corrected chi connectivity index (χ2v) is 6.49. The molecule has 3 heterocycles. The van der Waals surface area contributed by atoms with E-state index in [2.05, 4.69) is 31.0 Å². The van der Waals surface area contributed by atoms with Crippen LogP contribution < -0.4 is 0 Å². The summed E-state index contributed by atoms with van der Waals surface area (Å²) < 4.78 is 5.39. The summed E-state index contributed by atoms with van der Waals surface area (Å²) in [7, 11) is 0. The first-order chi connectivity index (χ1) is 9.44. The van der Waals surface area contributed by atoms with E-state index in [1.165, 1.54) is 0 Å². The summed E-state index contributed by atoms with van der Waals surface area (Å²) in [6, 6.07) is 3.73. The lowest BCUT2D eigenvalue weighted by Crippen LogP contribution is -2.29. The highest BCUT2D eigenvalue weighted by atomic mass is 16.3. The van der Waals surface area contributed by atoms with Gasteiger partial charge in [0.2, 0.25) is 5.91 Å². The molecule has 1 aliphatic heterocycles. The first kappa shape index (κ1) is 13.0. The Labute approximate surface area is 118 Å². The van der Waals surface area contributed by atoms with Gasteiger partial charge in [0.25, 0.3) is 0 Å². The Morgan fingerprint density at radius 1 is 1.45 bits per heavy atom. The third-order valence-corrected chi connectivity index (χ3v) is 3.44. The van der Waals surface area contributed by atoms with Gasteiger partial charge in [0.15, 0.2) is 5.76 Å². The minimum atomic E-state index is 0.00940. The number of carbonyl (C=O) groups is 1. The van der Waals surface area contributed by atoms with Gasteiger partial charge in [-0.2, -0.15) is 5.10 Å². The van der Waals surface area contributed by atoms with Crippen molar-refractivity contribution >= 4 is 5.91 Å². The van der Waals surface area contributed by atoms with Crippen LogP contribution in [-0.2, 0) is 17.9 Å². The number of rotatable bonds is 2. The lowest BCUT2D eigenvalue weighted by Gasteiger charge is -2.22. The summed E-state index contributed by atoms with van der Waals surface area (Å²) in [4.78, 5) is 14.2. The van der Waals surface area contributed by atoms with Crippen molar-refractivity contribution in [2.24, 2.45) is 5.41 Å². The van der Waals surface area contributed by atoms with E-state index in [1.807, 2.05) is 17.0 Å². The molecule has 0 atom stereocenters. The van der Waals surface area contributed by atoms with Gasteiger partial charge < -0.3 is 9.32 Å². The van der Waals surface area contributed by atoms with E-state index in [9.17, 15) is 4.79 Å². The fourth-order valence-electron chi connectivity index (χ4n) is 2.50. The quantitative estimate of drug-likeness (QED) is 0.915. The molecule has 0 aliphatic carbocycles. The second-order valence-electron chi connectivity index (χ2n) is 6.49. The maximum atomic E-state index is 12.3. The lowest BCUT2D eigenvalue weighted by atomic mass is 9.92. The van der Waals surface area contributed by atoms with E-state index in [0.717, 1.165) is 22.7 Å². The Hall–Kier alpha value is -2.04. The lowest BCUT2D eigenvalue weighted by molar-refractivity contribution is -0.133. The molecule has 0 unspecified atom stereocenters. The molecule has 5 nitrogen and oxygen atoms in total. The smallest absolute Gasteiger partial charge is 0.223 e. The first-order valence-electron chi connectivity index (χ1n) is 6.82. The molecule has 2 aromatic rings. The molecule has 1 N–H and O–H groups in total. The first-order valence-corrected chi connectivity index (χ1v) is 6.82. The number of amides is 1. The molecule has 2 aromatic heterocycles. The molecule has 0 saturated carbocycles. The molecular weight excluding hydrogens is 254 g/mol. The van der Waals surface area contributed by atoms with Crippen LogP contribution in [0.25, 0.3) is 11.5 Å². The van der Waals surface area contributed by atoms with Crippen molar-refractivity contribution in [1.29, 1.82) is 0 Å². The third-order valence-electron chi connectivity index (χ3n) is 3.44. The van der Waals surface area contributed by atoms with Crippen LogP contribution in [0.15, 0.2) is 22.8 Å². The molecule has 3 rings (SSSR count). The summed E-state index contributed by atoms with van der Waals surface area (Å²) in [5.41, 5.74) is 2.91. The molecule has 106 valence electrons. The number of aromatic amines is 1. The highest BCUT2D eigenvalue weighted by molar-refractivity contribution is 5.78. The number of hydrogen-bond donors (Lipinski definition) is 1. The fraction of sp³-hybridized carbons (Fsp3) is 0.467. The summed E-state index contributed by atoms with van der Waals surface area (Å²) in [6.07, 6.45) is 2.19. The van der Waals surface area contributed by atoms with E-state index in [4.69, 9.17) is 4.42 Å². The minimum Gasteiger partial charge on any atom is -0.463 e. The highest BCUT2D eigenvalue weighted by Gasteiger charge is 2.30. The van der Waals surface area contributed by atoms with E-state index in [0.29, 0.717) is 19.5 Å². The molecule has 0 fully saturated rings. The SMILES string of the molecule is CC(C)(C)CC(=O)N1Cc2[nH]nc(-c3ccco3)c2C1. The Morgan fingerprint density at radius 3 is 2.90 bits per heavy atom. The Balaban J connectivity index is 1.78. The van der Waals surface area contributed by atoms with Gasteiger partial charge in [0.1, 0.15) is 5.69 Å². The number of fused-ring (bicyclic) bond motifs is 1. The van der Waals surface area contributed by atoms with Crippen LogP contribution in [0.3, 0.4) is 0 Å². The average molecular weight is 273 g/mol. The van der Waals surface area contributed by atoms with Gasteiger partial charge in [0.05, 0.1) is 25.0 Å². The van der Waals surface area contributed by atoms with Gasteiger partial charge in [-0.15, -0.1) is 0 Å². The largest absolute Gasteiger partial charge is 0.463 e. The standard InChI is InChI=1S/C15H19N3O2/c1-15(2,3)7-13(19)18-8-10-11(9-18)16-17-14(10)12-5-4-6-20-12/h4-6H,7-9H2,1-3H3,(H,16,17). The molecule has 0 spiro atoms. The monoisotopic (exact) mass is 273 g/mol. The van der Waals surface area contributed by atoms with Crippen molar-refractivity contribution in [3.05, 3.63) is 29.7 Å². The molecule has 1 aliphatic rings. The van der Waals surface area contributed by atoms with Crippen molar-refractivity contribution in [2.75, 3.05) is 0 Å². The van der Waals surface area contributed by atoms with Gasteiger partial charge in [-0.05, 0) is 17.5 Å². The molecule has 1 amide bonds. The fourth-order valence-corrected chi connectivity index (χ4v) is 2.50. The average Bonchev–Trinajstić information content (AvgIpc) is 3.02. The zero-order chi connectivity index (χ0) is 14.3. The summed E-state index contributed by atoms with van der Waals surface area (Å²) >= 11 is 0. The van der Waals surface area contributed by atoms with Gasteiger partial charge in [-0.25, -0.2) is 0 Å². The van der Waals surface area contributed by atoms with Crippen LogP contribution in [0.1, 0.15) is 38.4 Å². The van der Waals surface area contributed by atoms with Crippen LogP contribution in [-0.4, -0.2) is 21.0 Å². The highest BCUT2D eigenvalue weighted by Crippen LogP contribution is 2.32. The van der Waals surface area contributed by atoms with Gasteiger partial charge >= 0.3 is 0 Å². The Bertz CT molecular complexity index is 620. The maximum Gasteiger partial charge on any atom is 0.223 e. The molecule has 0 bridgehead atoms. The van der Waals surface area contributed by atoms with Crippen molar-refractivity contribution < 1.29 is 9.21 Å². The Morgan fingerprint density at radius 2 is 2.25 bits per heavy atom. The third kappa shape index (κ3) is 2.35. The van der Waals surface area contributed by atoms with Crippen molar-refractivity contribution in [1.82, 2.24) is 15.1 Å². The predicted octanol–water partition coefficient (Wildman–Crippen LogP) is 2.95. The van der Waals surface area contributed by atoms with Crippen LogP contribution in [0.2, 0.25) is 0 Å². The molecule has 0 saturated heterocycles. The van der Waals surface area contributed by atoms with Gasteiger partial charge in [0, 0.05) is 12.0 Å².